The van der Waals surface area contributed by atoms with Gasteiger partial charge in [0, 0.05) is 5.56 Å². The summed E-state index contributed by atoms with van der Waals surface area (Å²) in [5.41, 5.74) is 6.66. The first-order chi connectivity index (χ1) is 8.24. The standard InChI is InChI=1S/C15H18N2/c1-10-7-8-13-12(9-10)5-3-4-6-14-15(13)17-11(2)16-14/h7-9H,3-6H2,1-2H3,(H,16,17). The molecule has 17 heavy (non-hydrogen) atoms. The third-order valence-electron chi connectivity index (χ3n) is 3.54. The Hall–Kier alpha value is -1.57. The lowest BCUT2D eigenvalue weighted by Crippen LogP contribution is -2.00. The second-order valence-electron chi connectivity index (χ2n) is 5.01. The molecule has 3 rings (SSSR count). The van der Waals surface area contributed by atoms with E-state index in [2.05, 4.69) is 35.1 Å². The molecule has 1 aromatic carbocycles. The molecule has 0 spiro atoms. The first kappa shape index (κ1) is 10.6. The lowest BCUT2D eigenvalue weighted by molar-refractivity contribution is 0.719. The average Bonchev–Trinajstić information content (AvgIpc) is 2.63. The Morgan fingerprint density at radius 1 is 1.12 bits per heavy atom. The van der Waals surface area contributed by atoms with Crippen LogP contribution in [0.1, 0.15) is 35.5 Å². The predicted molar refractivity (Wildman–Crippen MR) is 70.1 cm³/mol. The molecule has 0 fully saturated rings. The molecule has 2 aromatic rings. The summed E-state index contributed by atoms with van der Waals surface area (Å²) >= 11 is 0. The fourth-order valence-corrected chi connectivity index (χ4v) is 2.72. The van der Waals surface area contributed by atoms with Crippen molar-refractivity contribution in [1.29, 1.82) is 0 Å². The Balaban J connectivity index is 2.21. The zero-order valence-electron chi connectivity index (χ0n) is 10.5. The number of nitrogens with zero attached hydrogens (tertiary/aromatic N) is 1. The molecule has 2 heteroatoms. The van der Waals surface area contributed by atoms with Crippen LogP contribution in [0.5, 0.6) is 0 Å². The van der Waals surface area contributed by atoms with Crippen molar-refractivity contribution in [3.05, 3.63) is 40.8 Å². The molecule has 0 radical (unpaired) electrons. The second kappa shape index (κ2) is 4.02. The van der Waals surface area contributed by atoms with Crippen LogP contribution in [0.4, 0.5) is 0 Å². The Morgan fingerprint density at radius 3 is 2.82 bits per heavy atom. The Morgan fingerprint density at radius 2 is 1.94 bits per heavy atom. The number of aromatic nitrogens is 2. The molecule has 0 unspecified atom stereocenters. The van der Waals surface area contributed by atoms with E-state index < -0.39 is 0 Å². The lowest BCUT2D eigenvalue weighted by atomic mass is 9.92. The molecule has 0 amide bonds. The van der Waals surface area contributed by atoms with Gasteiger partial charge >= 0.3 is 0 Å². The summed E-state index contributed by atoms with van der Waals surface area (Å²) < 4.78 is 0. The van der Waals surface area contributed by atoms with Gasteiger partial charge in [-0.05, 0) is 45.1 Å². The molecule has 1 N–H and O–H groups in total. The SMILES string of the molecule is Cc1ccc2c(c1)CCCCc1nc(C)[nH]c1-2. The number of aryl methyl sites for hydroxylation is 4. The number of rotatable bonds is 0. The minimum atomic E-state index is 1.03. The Bertz CT molecular complexity index is 552. The summed E-state index contributed by atoms with van der Waals surface area (Å²) in [5.74, 6) is 1.03. The van der Waals surface area contributed by atoms with Crippen molar-refractivity contribution in [2.45, 2.75) is 39.5 Å². The summed E-state index contributed by atoms with van der Waals surface area (Å²) in [5, 5.41) is 0. The molecule has 1 heterocycles. The first-order valence-corrected chi connectivity index (χ1v) is 6.39. The van der Waals surface area contributed by atoms with Crippen molar-refractivity contribution in [3.8, 4) is 11.3 Å². The number of H-pyrrole nitrogens is 1. The molecular formula is C15H18N2. The van der Waals surface area contributed by atoms with Crippen LogP contribution in [0.2, 0.25) is 0 Å². The number of nitrogens with one attached hydrogen (secondary N) is 1. The van der Waals surface area contributed by atoms with E-state index in [0.717, 1.165) is 12.2 Å². The van der Waals surface area contributed by atoms with Gasteiger partial charge in [-0.3, -0.25) is 0 Å². The molecule has 1 aliphatic rings. The van der Waals surface area contributed by atoms with E-state index in [9.17, 15) is 0 Å². The summed E-state index contributed by atoms with van der Waals surface area (Å²) in [6.45, 7) is 4.21. The quantitative estimate of drug-likeness (QED) is 0.731. The van der Waals surface area contributed by atoms with E-state index in [1.807, 2.05) is 6.92 Å². The van der Waals surface area contributed by atoms with Crippen LogP contribution in [-0.4, -0.2) is 9.97 Å². The van der Waals surface area contributed by atoms with Crippen LogP contribution in [0.15, 0.2) is 18.2 Å². The van der Waals surface area contributed by atoms with Gasteiger partial charge in [-0.15, -0.1) is 0 Å². The van der Waals surface area contributed by atoms with Crippen molar-refractivity contribution >= 4 is 0 Å². The normalized spacial score (nSPS) is 14.7. The highest BCUT2D eigenvalue weighted by atomic mass is 14.9. The number of aromatic amines is 1. The van der Waals surface area contributed by atoms with E-state index in [4.69, 9.17) is 0 Å². The van der Waals surface area contributed by atoms with E-state index in [0.29, 0.717) is 0 Å². The number of imidazole rings is 1. The molecule has 1 aliphatic carbocycles. The minimum absolute atomic E-state index is 1.03. The largest absolute Gasteiger partial charge is 0.342 e. The van der Waals surface area contributed by atoms with E-state index in [1.165, 1.54) is 47.3 Å². The number of hydrogen-bond acceptors (Lipinski definition) is 1. The zero-order valence-corrected chi connectivity index (χ0v) is 10.5. The van der Waals surface area contributed by atoms with Gasteiger partial charge in [-0.1, -0.05) is 23.8 Å². The Kier molecular flexibility index (Phi) is 2.50. The topological polar surface area (TPSA) is 28.7 Å². The fourth-order valence-electron chi connectivity index (χ4n) is 2.72. The minimum Gasteiger partial charge on any atom is -0.342 e. The predicted octanol–water partition coefficient (Wildman–Crippen LogP) is 3.57. The van der Waals surface area contributed by atoms with Gasteiger partial charge < -0.3 is 4.98 Å². The van der Waals surface area contributed by atoms with Crippen molar-refractivity contribution in [2.75, 3.05) is 0 Å². The molecular weight excluding hydrogens is 208 g/mol. The Labute approximate surface area is 102 Å². The highest BCUT2D eigenvalue weighted by molar-refractivity contribution is 5.67. The molecule has 0 saturated carbocycles. The highest BCUT2D eigenvalue weighted by Crippen LogP contribution is 2.30. The van der Waals surface area contributed by atoms with Gasteiger partial charge in [-0.2, -0.15) is 0 Å². The monoisotopic (exact) mass is 226 g/mol. The van der Waals surface area contributed by atoms with Crippen molar-refractivity contribution in [2.24, 2.45) is 0 Å². The molecule has 0 bridgehead atoms. The maximum Gasteiger partial charge on any atom is 0.103 e. The maximum absolute atomic E-state index is 4.62. The van der Waals surface area contributed by atoms with Crippen LogP contribution in [0.25, 0.3) is 11.3 Å². The van der Waals surface area contributed by atoms with Gasteiger partial charge in [-0.25, -0.2) is 4.98 Å². The number of benzene rings is 1. The molecule has 0 saturated heterocycles. The van der Waals surface area contributed by atoms with Crippen LogP contribution < -0.4 is 0 Å². The number of fused-ring (bicyclic) bond motifs is 3. The summed E-state index contributed by atoms with van der Waals surface area (Å²) in [7, 11) is 0. The van der Waals surface area contributed by atoms with Crippen molar-refractivity contribution < 1.29 is 0 Å². The zero-order chi connectivity index (χ0) is 11.8. The fraction of sp³-hybridized carbons (Fsp3) is 0.400. The lowest BCUT2D eigenvalue weighted by Gasteiger charge is -2.14. The maximum atomic E-state index is 4.62. The van der Waals surface area contributed by atoms with Crippen LogP contribution in [0, 0.1) is 13.8 Å². The molecule has 1 aromatic heterocycles. The van der Waals surface area contributed by atoms with E-state index >= 15 is 0 Å². The first-order valence-electron chi connectivity index (χ1n) is 6.39. The average molecular weight is 226 g/mol. The summed E-state index contributed by atoms with van der Waals surface area (Å²) in [6, 6.07) is 6.76. The van der Waals surface area contributed by atoms with Gasteiger partial charge in [0.05, 0.1) is 11.4 Å². The van der Waals surface area contributed by atoms with Gasteiger partial charge in [0.2, 0.25) is 0 Å². The summed E-state index contributed by atoms with van der Waals surface area (Å²) in [4.78, 5) is 8.05. The van der Waals surface area contributed by atoms with Crippen LogP contribution >= 0.6 is 0 Å². The van der Waals surface area contributed by atoms with Crippen LogP contribution in [-0.2, 0) is 12.8 Å². The molecule has 0 aliphatic heterocycles. The molecule has 0 atom stereocenters. The van der Waals surface area contributed by atoms with Crippen molar-refractivity contribution in [1.82, 2.24) is 9.97 Å². The van der Waals surface area contributed by atoms with E-state index in [-0.39, 0.29) is 0 Å². The molecule has 88 valence electrons. The number of hydrogen-bond donors (Lipinski definition) is 1. The van der Waals surface area contributed by atoms with Crippen LogP contribution in [0.3, 0.4) is 0 Å². The molecule has 2 nitrogen and oxygen atoms in total. The third kappa shape index (κ3) is 1.88. The van der Waals surface area contributed by atoms with Gasteiger partial charge in [0.15, 0.2) is 0 Å². The van der Waals surface area contributed by atoms with Crippen molar-refractivity contribution in [3.63, 3.8) is 0 Å². The second-order valence-corrected chi connectivity index (χ2v) is 5.01. The van der Waals surface area contributed by atoms with E-state index in [1.54, 1.807) is 0 Å². The van der Waals surface area contributed by atoms with Gasteiger partial charge in [0.25, 0.3) is 0 Å². The third-order valence-corrected chi connectivity index (χ3v) is 3.54. The smallest absolute Gasteiger partial charge is 0.103 e. The van der Waals surface area contributed by atoms with Gasteiger partial charge in [0.1, 0.15) is 5.82 Å². The summed E-state index contributed by atoms with van der Waals surface area (Å²) in [6.07, 6.45) is 4.80. The highest BCUT2D eigenvalue weighted by Gasteiger charge is 2.16.